The first-order chi connectivity index (χ1) is 11.4. The van der Waals surface area contributed by atoms with Crippen molar-refractivity contribution in [3.8, 4) is 0 Å². The summed E-state index contributed by atoms with van der Waals surface area (Å²) < 4.78 is 28.1. The lowest BCUT2D eigenvalue weighted by atomic mass is 9.83. The molecule has 5 heteroatoms. The van der Waals surface area contributed by atoms with Gasteiger partial charge in [0, 0.05) is 6.54 Å². The van der Waals surface area contributed by atoms with Crippen molar-refractivity contribution < 1.29 is 13.6 Å². The van der Waals surface area contributed by atoms with Crippen molar-refractivity contribution in [2.45, 2.75) is 32.2 Å². The van der Waals surface area contributed by atoms with Gasteiger partial charge in [0.2, 0.25) is 5.91 Å². The lowest BCUT2D eigenvalue weighted by molar-refractivity contribution is -0.120. The van der Waals surface area contributed by atoms with E-state index in [1.807, 2.05) is 6.07 Å². The summed E-state index contributed by atoms with van der Waals surface area (Å²) >= 11 is 0. The minimum Gasteiger partial charge on any atom is -0.323 e. The summed E-state index contributed by atoms with van der Waals surface area (Å²) in [5.41, 5.74) is 1.30. The molecule has 0 radical (unpaired) electrons. The van der Waals surface area contributed by atoms with E-state index >= 15 is 0 Å². The van der Waals surface area contributed by atoms with Gasteiger partial charge >= 0.3 is 0 Å². The molecule has 0 aliphatic carbocycles. The maximum atomic E-state index is 14.7. The number of anilines is 1. The van der Waals surface area contributed by atoms with Gasteiger partial charge in [-0.2, -0.15) is 0 Å². The molecule has 2 aromatic carbocycles. The molecular formula is C19H20F2N2O. The van der Waals surface area contributed by atoms with E-state index in [0.717, 1.165) is 12.1 Å². The van der Waals surface area contributed by atoms with Crippen LogP contribution in [-0.4, -0.2) is 12.5 Å². The van der Waals surface area contributed by atoms with Crippen molar-refractivity contribution in [3.05, 3.63) is 64.7 Å². The summed E-state index contributed by atoms with van der Waals surface area (Å²) in [6.07, 6.45) is 0.595. The summed E-state index contributed by atoms with van der Waals surface area (Å²) in [5.74, 6) is -1.15. The Labute approximate surface area is 140 Å². The highest BCUT2D eigenvalue weighted by molar-refractivity contribution is 5.98. The van der Waals surface area contributed by atoms with Crippen LogP contribution in [0.5, 0.6) is 0 Å². The molecule has 0 bridgehead atoms. The normalized spacial score (nSPS) is 14.2. The molecule has 2 aromatic rings. The molecular weight excluding hydrogens is 310 g/mol. The molecule has 1 amide bonds. The molecule has 3 nitrogen and oxygen atoms in total. The van der Waals surface area contributed by atoms with Crippen LogP contribution >= 0.6 is 0 Å². The van der Waals surface area contributed by atoms with E-state index in [1.54, 1.807) is 32.0 Å². The van der Waals surface area contributed by atoms with Gasteiger partial charge in [0.1, 0.15) is 11.6 Å². The average molecular weight is 330 g/mol. The van der Waals surface area contributed by atoms with Gasteiger partial charge in [-0.1, -0.05) is 18.2 Å². The van der Waals surface area contributed by atoms with Gasteiger partial charge in [0.25, 0.3) is 0 Å². The van der Waals surface area contributed by atoms with E-state index in [1.165, 1.54) is 12.1 Å². The second-order valence-corrected chi connectivity index (χ2v) is 6.58. The second kappa shape index (κ2) is 6.32. The lowest BCUT2D eigenvalue weighted by Gasteiger charge is -2.25. The van der Waals surface area contributed by atoms with E-state index in [4.69, 9.17) is 0 Å². The fraction of sp³-hybridized carbons (Fsp3) is 0.316. The fourth-order valence-electron chi connectivity index (χ4n) is 2.92. The molecule has 1 aliphatic rings. The summed E-state index contributed by atoms with van der Waals surface area (Å²) in [6, 6.07) is 9.32. The van der Waals surface area contributed by atoms with E-state index in [0.29, 0.717) is 24.1 Å². The number of carbonyl (C=O) groups excluding carboxylic acids is 1. The summed E-state index contributed by atoms with van der Waals surface area (Å²) in [6.45, 7) is 4.74. The molecule has 0 atom stereocenters. The molecule has 1 heterocycles. The van der Waals surface area contributed by atoms with Crippen LogP contribution in [0.3, 0.4) is 0 Å². The predicted octanol–water partition coefficient (Wildman–Crippen LogP) is 3.53. The predicted molar refractivity (Wildman–Crippen MR) is 89.9 cm³/mol. The van der Waals surface area contributed by atoms with Crippen molar-refractivity contribution in [2.24, 2.45) is 0 Å². The Morgan fingerprint density at radius 3 is 2.75 bits per heavy atom. The van der Waals surface area contributed by atoms with E-state index < -0.39 is 11.2 Å². The maximum absolute atomic E-state index is 14.7. The number of amides is 1. The van der Waals surface area contributed by atoms with Crippen LogP contribution in [0.15, 0.2) is 36.4 Å². The van der Waals surface area contributed by atoms with Crippen molar-refractivity contribution >= 4 is 11.6 Å². The van der Waals surface area contributed by atoms with Crippen LogP contribution in [0.25, 0.3) is 0 Å². The van der Waals surface area contributed by atoms with Crippen molar-refractivity contribution in [1.82, 2.24) is 5.32 Å². The summed E-state index contributed by atoms with van der Waals surface area (Å²) in [4.78, 5) is 12.7. The van der Waals surface area contributed by atoms with Crippen LogP contribution in [-0.2, 0) is 23.2 Å². The first-order valence-corrected chi connectivity index (χ1v) is 7.98. The molecule has 1 aliphatic heterocycles. The van der Waals surface area contributed by atoms with Crippen LogP contribution < -0.4 is 10.6 Å². The van der Waals surface area contributed by atoms with Crippen LogP contribution in [0.1, 0.15) is 30.5 Å². The SMILES string of the molecule is CC(C)(C(=O)Nc1ccc2c(c1F)CCNC2)c1cccc(F)c1. The molecule has 0 spiro atoms. The van der Waals surface area contributed by atoms with Gasteiger partial charge in [0.15, 0.2) is 0 Å². The lowest BCUT2D eigenvalue weighted by Crippen LogP contribution is -2.35. The highest BCUT2D eigenvalue weighted by Crippen LogP contribution is 2.29. The van der Waals surface area contributed by atoms with Gasteiger partial charge in [-0.15, -0.1) is 0 Å². The monoisotopic (exact) mass is 330 g/mol. The molecule has 0 aromatic heterocycles. The second-order valence-electron chi connectivity index (χ2n) is 6.58. The van der Waals surface area contributed by atoms with Crippen molar-refractivity contribution in [1.29, 1.82) is 0 Å². The van der Waals surface area contributed by atoms with Crippen LogP contribution in [0.4, 0.5) is 14.5 Å². The maximum Gasteiger partial charge on any atom is 0.234 e. The molecule has 0 fully saturated rings. The fourth-order valence-corrected chi connectivity index (χ4v) is 2.92. The average Bonchev–Trinajstić information content (AvgIpc) is 2.57. The standard InChI is InChI=1S/C19H20F2N2O/c1-19(2,13-4-3-5-14(20)10-13)18(24)23-16-7-6-12-11-22-9-8-15(12)17(16)21/h3-7,10,22H,8-9,11H2,1-2H3,(H,23,24). The number of rotatable bonds is 3. The number of nitrogens with one attached hydrogen (secondary N) is 2. The number of halogens is 2. The van der Waals surface area contributed by atoms with Gasteiger partial charge < -0.3 is 10.6 Å². The highest BCUT2D eigenvalue weighted by Gasteiger charge is 2.31. The summed E-state index contributed by atoms with van der Waals surface area (Å²) in [7, 11) is 0. The number of carbonyl (C=O) groups is 1. The van der Waals surface area contributed by atoms with Gasteiger partial charge in [0.05, 0.1) is 11.1 Å². The Kier molecular flexibility index (Phi) is 4.37. The van der Waals surface area contributed by atoms with Gasteiger partial charge in [-0.25, -0.2) is 8.78 Å². The Morgan fingerprint density at radius 1 is 1.21 bits per heavy atom. The van der Waals surface area contributed by atoms with Gasteiger partial charge in [-0.05, 0) is 61.7 Å². The first kappa shape index (κ1) is 16.6. The molecule has 0 unspecified atom stereocenters. The smallest absolute Gasteiger partial charge is 0.234 e. The largest absolute Gasteiger partial charge is 0.323 e. The zero-order chi connectivity index (χ0) is 17.3. The van der Waals surface area contributed by atoms with E-state index in [-0.39, 0.29) is 17.4 Å². The third-order valence-electron chi connectivity index (χ3n) is 4.57. The Morgan fingerprint density at radius 2 is 2.00 bits per heavy atom. The molecule has 0 saturated heterocycles. The first-order valence-electron chi connectivity index (χ1n) is 7.98. The van der Waals surface area contributed by atoms with Crippen LogP contribution in [0.2, 0.25) is 0 Å². The third kappa shape index (κ3) is 3.04. The number of benzene rings is 2. The zero-order valence-corrected chi connectivity index (χ0v) is 13.7. The van der Waals surface area contributed by atoms with Gasteiger partial charge in [-0.3, -0.25) is 4.79 Å². The Bertz CT molecular complexity index is 787. The molecule has 24 heavy (non-hydrogen) atoms. The molecule has 3 rings (SSSR count). The third-order valence-corrected chi connectivity index (χ3v) is 4.57. The Hall–Kier alpha value is -2.27. The zero-order valence-electron chi connectivity index (χ0n) is 13.7. The molecule has 126 valence electrons. The van der Waals surface area contributed by atoms with E-state index in [9.17, 15) is 13.6 Å². The number of hydrogen-bond acceptors (Lipinski definition) is 2. The molecule has 2 N–H and O–H groups in total. The Balaban J connectivity index is 1.87. The number of hydrogen-bond donors (Lipinski definition) is 2. The van der Waals surface area contributed by atoms with Crippen LogP contribution in [0, 0.1) is 11.6 Å². The number of fused-ring (bicyclic) bond motifs is 1. The molecule has 0 saturated carbocycles. The summed E-state index contributed by atoms with van der Waals surface area (Å²) in [5, 5.41) is 5.85. The van der Waals surface area contributed by atoms with Crippen molar-refractivity contribution in [3.63, 3.8) is 0 Å². The quantitative estimate of drug-likeness (QED) is 0.904. The van der Waals surface area contributed by atoms with E-state index in [2.05, 4.69) is 10.6 Å². The van der Waals surface area contributed by atoms with Crippen molar-refractivity contribution in [2.75, 3.05) is 11.9 Å². The minimum absolute atomic E-state index is 0.171. The topological polar surface area (TPSA) is 41.1 Å². The highest BCUT2D eigenvalue weighted by atomic mass is 19.1. The minimum atomic E-state index is -0.980.